The fraction of sp³-hybridized carbons (Fsp3) is 0.206. The van der Waals surface area contributed by atoms with E-state index in [1.165, 1.54) is 6.92 Å². The van der Waals surface area contributed by atoms with Gasteiger partial charge in [-0.25, -0.2) is 9.59 Å². The standard InChI is InChI=1S/C34H32N2O5/c1-34(32(38)39,21-24-14-6-3-7-15-24)36-31(37)30(20-23-12-4-2-5-13-23)35-33(40)41-22-29-27-18-10-8-16-25(27)26-17-9-11-19-28(26)29/h2-19,29-30H,20-22H2,1H3,(H,35,40)(H,36,37)(H,38,39)/t30-,34-/m0/s1. The lowest BCUT2D eigenvalue weighted by Crippen LogP contribution is -2.59. The Bertz CT molecular complexity index is 1490. The minimum absolute atomic E-state index is 0.0813. The molecule has 1 aliphatic rings. The summed E-state index contributed by atoms with van der Waals surface area (Å²) in [4.78, 5) is 38.9. The molecule has 4 aromatic rings. The van der Waals surface area contributed by atoms with Gasteiger partial charge in [0.2, 0.25) is 5.91 Å². The van der Waals surface area contributed by atoms with Crippen molar-refractivity contribution < 1.29 is 24.2 Å². The lowest BCUT2D eigenvalue weighted by Gasteiger charge is -2.29. The highest BCUT2D eigenvalue weighted by Crippen LogP contribution is 2.44. The van der Waals surface area contributed by atoms with Crippen molar-refractivity contribution in [2.75, 3.05) is 6.61 Å². The maximum absolute atomic E-state index is 13.5. The number of benzene rings is 4. The van der Waals surface area contributed by atoms with Crippen molar-refractivity contribution in [3.05, 3.63) is 131 Å². The Morgan fingerprint density at radius 2 is 1.29 bits per heavy atom. The summed E-state index contributed by atoms with van der Waals surface area (Å²) in [7, 11) is 0. The van der Waals surface area contributed by atoms with Gasteiger partial charge < -0.3 is 20.5 Å². The second-order valence-corrected chi connectivity index (χ2v) is 10.5. The third-order valence-electron chi connectivity index (χ3n) is 7.51. The quantitative estimate of drug-likeness (QED) is 0.248. The zero-order chi connectivity index (χ0) is 28.8. The Morgan fingerprint density at radius 3 is 1.85 bits per heavy atom. The van der Waals surface area contributed by atoms with E-state index < -0.39 is 29.6 Å². The zero-order valence-electron chi connectivity index (χ0n) is 22.7. The van der Waals surface area contributed by atoms with E-state index >= 15 is 0 Å². The number of carboxylic acids is 1. The highest BCUT2D eigenvalue weighted by molar-refractivity contribution is 5.91. The van der Waals surface area contributed by atoms with Crippen LogP contribution in [-0.2, 0) is 27.2 Å². The van der Waals surface area contributed by atoms with Crippen LogP contribution in [0.3, 0.4) is 0 Å². The molecule has 0 fully saturated rings. The predicted molar refractivity (Wildman–Crippen MR) is 156 cm³/mol. The molecule has 7 nitrogen and oxygen atoms in total. The molecule has 0 saturated carbocycles. The third-order valence-corrected chi connectivity index (χ3v) is 7.51. The molecule has 0 unspecified atom stereocenters. The van der Waals surface area contributed by atoms with Gasteiger partial charge in [0.15, 0.2) is 0 Å². The molecular formula is C34H32N2O5. The van der Waals surface area contributed by atoms with Gasteiger partial charge in [-0.05, 0) is 40.3 Å². The number of fused-ring (bicyclic) bond motifs is 3. The van der Waals surface area contributed by atoms with Crippen molar-refractivity contribution in [3.8, 4) is 11.1 Å². The maximum atomic E-state index is 13.5. The maximum Gasteiger partial charge on any atom is 0.407 e. The van der Waals surface area contributed by atoms with Crippen molar-refractivity contribution in [1.29, 1.82) is 0 Å². The van der Waals surface area contributed by atoms with Crippen molar-refractivity contribution in [3.63, 3.8) is 0 Å². The van der Waals surface area contributed by atoms with E-state index in [1.807, 2.05) is 97.1 Å². The summed E-state index contributed by atoms with van der Waals surface area (Å²) in [5.41, 5.74) is 4.38. The number of aliphatic carboxylic acids is 1. The average molecular weight is 549 g/mol. The first kappa shape index (κ1) is 27.6. The topological polar surface area (TPSA) is 105 Å². The van der Waals surface area contributed by atoms with E-state index in [9.17, 15) is 19.5 Å². The molecule has 3 N–H and O–H groups in total. The molecule has 4 aromatic carbocycles. The lowest BCUT2D eigenvalue weighted by molar-refractivity contribution is -0.147. The Kier molecular flexibility index (Phi) is 8.15. The van der Waals surface area contributed by atoms with Crippen LogP contribution < -0.4 is 10.6 Å². The van der Waals surface area contributed by atoms with Gasteiger partial charge in [-0.3, -0.25) is 4.79 Å². The van der Waals surface area contributed by atoms with E-state index in [-0.39, 0.29) is 25.4 Å². The number of hydrogen-bond donors (Lipinski definition) is 3. The number of carboxylic acid groups (broad SMARTS) is 1. The molecule has 0 aliphatic heterocycles. The van der Waals surface area contributed by atoms with Gasteiger partial charge in [0.25, 0.3) is 0 Å². The molecule has 0 spiro atoms. The van der Waals surface area contributed by atoms with Crippen molar-refractivity contribution in [1.82, 2.24) is 10.6 Å². The number of hydrogen-bond acceptors (Lipinski definition) is 4. The van der Waals surface area contributed by atoms with E-state index in [0.717, 1.165) is 33.4 Å². The van der Waals surface area contributed by atoms with Gasteiger partial charge in [-0.1, -0.05) is 109 Å². The van der Waals surface area contributed by atoms with Gasteiger partial charge >= 0.3 is 12.1 Å². The van der Waals surface area contributed by atoms with Gasteiger partial charge in [-0.2, -0.15) is 0 Å². The van der Waals surface area contributed by atoms with Crippen molar-refractivity contribution in [2.45, 2.75) is 37.3 Å². The first-order valence-electron chi connectivity index (χ1n) is 13.6. The van der Waals surface area contributed by atoms with Crippen LogP contribution in [-0.4, -0.2) is 41.3 Å². The highest BCUT2D eigenvalue weighted by atomic mass is 16.5. The number of carbonyl (C=O) groups is 3. The van der Waals surface area contributed by atoms with Crippen LogP contribution in [0.25, 0.3) is 11.1 Å². The molecule has 2 atom stereocenters. The van der Waals surface area contributed by atoms with Gasteiger partial charge in [-0.15, -0.1) is 0 Å². The van der Waals surface area contributed by atoms with Crippen LogP contribution in [0.5, 0.6) is 0 Å². The Morgan fingerprint density at radius 1 is 0.780 bits per heavy atom. The molecule has 0 saturated heterocycles. The van der Waals surface area contributed by atoms with E-state index in [4.69, 9.17) is 4.74 Å². The first-order valence-corrected chi connectivity index (χ1v) is 13.6. The average Bonchev–Trinajstić information content (AvgIpc) is 3.30. The minimum Gasteiger partial charge on any atom is -0.480 e. The number of nitrogens with one attached hydrogen (secondary N) is 2. The summed E-state index contributed by atoms with van der Waals surface area (Å²) in [5.74, 6) is -1.91. The molecule has 0 radical (unpaired) electrons. The molecule has 7 heteroatoms. The minimum atomic E-state index is -1.59. The third kappa shape index (κ3) is 6.30. The van der Waals surface area contributed by atoms with Crippen LogP contribution in [0.15, 0.2) is 109 Å². The summed E-state index contributed by atoms with van der Waals surface area (Å²) < 4.78 is 5.68. The molecule has 0 bridgehead atoms. The number of ether oxygens (including phenoxy) is 1. The second-order valence-electron chi connectivity index (χ2n) is 10.5. The fourth-order valence-corrected chi connectivity index (χ4v) is 5.38. The SMILES string of the molecule is C[C@@](Cc1ccccc1)(NC(=O)[C@H](Cc1ccccc1)NC(=O)OCC1c2ccccc2-c2ccccc21)C(=O)O. The Balaban J connectivity index is 1.31. The molecule has 2 amide bonds. The summed E-state index contributed by atoms with van der Waals surface area (Å²) >= 11 is 0. The van der Waals surface area contributed by atoms with Crippen LogP contribution in [0.2, 0.25) is 0 Å². The summed E-state index contributed by atoms with van der Waals surface area (Å²) in [6.07, 6.45) is -0.501. The molecular weight excluding hydrogens is 516 g/mol. The van der Waals surface area contributed by atoms with Crippen molar-refractivity contribution in [2.24, 2.45) is 0 Å². The molecule has 0 aromatic heterocycles. The van der Waals surface area contributed by atoms with E-state index in [1.54, 1.807) is 0 Å². The number of carbonyl (C=O) groups excluding carboxylic acids is 2. The molecule has 5 rings (SSSR count). The Labute approximate surface area is 239 Å². The lowest BCUT2D eigenvalue weighted by atomic mass is 9.92. The highest BCUT2D eigenvalue weighted by Gasteiger charge is 2.38. The van der Waals surface area contributed by atoms with Gasteiger partial charge in [0, 0.05) is 18.8 Å². The number of rotatable bonds is 10. The number of amides is 2. The Hall–Kier alpha value is -4.91. The van der Waals surface area contributed by atoms with Crippen molar-refractivity contribution >= 4 is 18.0 Å². The normalized spacial score (nSPS) is 14.2. The largest absolute Gasteiger partial charge is 0.480 e. The summed E-state index contributed by atoms with van der Waals surface area (Å²) in [6, 6.07) is 33.4. The van der Waals surface area contributed by atoms with Crippen LogP contribution in [0.4, 0.5) is 4.79 Å². The fourth-order valence-electron chi connectivity index (χ4n) is 5.38. The molecule has 208 valence electrons. The monoisotopic (exact) mass is 548 g/mol. The predicted octanol–water partition coefficient (Wildman–Crippen LogP) is 5.34. The van der Waals surface area contributed by atoms with E-state index in [2.05, 4.69) is 22.8 Å². The molecule has 0 heterocycles. The smallest absolute Gasteiger partial charge is 0.407 e. The zero-order valence-corrected chi connectivity index (χ0v) is 22.7. The van der Waals surface area contributed by atoms with Crippen LogP contribution in [0, 0.1) is 0 Å². The van der Waals surface area contributed by atoms with Crippen LogP contribution >= 0.6 is 0 Å². The first-order chi connectivity index (χ1) is 19.8. The summed E-state index contributed by atoms with van der Waals surface area (Å²) in [5, 5.41) is 15.4. The van der Waals surface area contributed by atoms with Gasteiger partial charge in [0.1, 0.15) is 18.2 Å². The number of alkyl carbamates (subject to hydrolysis) is 1. The van der Waals surface area contributed by atoms with Gasteiger partial charge in [0.05, 0.1) is 0 Å². The second kappa shape index (κ2) is 12.1. The summed E-state index contributed by atoms with van der Waals surface area (Å²) in [6.45, 7) is 1.56. The van der Waals surface area contributed by atoms with Crippen LogP contribution in [0.1, 0.15) is 35.1 Å². The van der Waals surface area contributed by atoms with E-state index in [0.29, 0.717) is 0 Å². The molecule has 1 aliphatic carbocycles. The molecule has 41 heavy (non-hydrogen) atoms.